The van der Waals surface area contributed by atoms with Gasteiger partial charge in [-0.15, -0.1) is 0 Å². The summed E-state index contributed by atoms with van der Waals surface area (Å²) in [5, 5.41) is 2.78. The molecule has 1 atom stereocenters. The first-order valence-electron chi connectivity index (χ1n) is 6.48. The Labute approximate surface area is 128 Å². The van der Waals surface area contributed by atoms with E-state index in [1.54, 1.807) is 43.3 Å². The average molecular weight is 300 g/mol. The zero-order valence-corrected chi connectivity index (χ0v) is 12.4. The minimum absolute atomic E-state index is 0.237. The fourth-order valence-corrected chi connectivity index (χ4v) is 1.88. The lowest BCUT2D eigenvalue weighted by molar-refractivity contribution is -0.122. The van der Waals surface area contributed by atoms with Crippen LogP contribution in [0.15, 0.2) is 54.6 Å². The molecule has 0 saturated heterocycles. The SMILES string of the molecule is CC(Oc1ccccc1)C(=O)Nc1cccc(C(N)=S)c1. The average Bonchev–Trinajstić information content (AvgIpc) is 2.48. The quantitative estimate of drug-likeness (QED) is 0.833. The van der Waals surface area contributed by atoms with Gasteiger partial charge >= 0.3 is 0 Å². The molecule has 0 aliphatic rings. The van der Waals surface area contributed by atoms with Crippen molar-refractivity contribution in [2.45, 2.75) is 13.0 Å². The molecule has 0 bridgehead atoms. The number of anilines is 1. The first-order valence-corrected chi connectivity index (χ1v) is 6.89. The molecule has 108 valence electrons. The summed E-state index contributed by atoms with van der Waals surface area (Å²) in [5.74, 6) is 0.413. The van der Waals surface area contributed by atoms with E-state index in [0.29, 0.717) is 22.0 Å². The number of hydrogen-bond acceptors (Lipinski definition) is 3. The maximum absolute atomic E-state index is 12.1. The highest BCUT2D eigenvalue weighted by molar-refractivity contribution is 7.80. The highest BCUT2D eigenvalue weighted by atomic mass is 32.1. The van der Waals surface area contributed by atoms with E-state index in [9.17, 15) is 4.79 Å². The van der Waals surface area contributed by atoms with Gasteiger partial charge in [0.1, 0.15) is 10.7 Å². The number of nitrogens with one attached hydrogen (secondary N) is 1. The number of nitrogens with two attached hydrogens (primary N) is 1. The number of carbonyl (C=O) groups is 1. The van der Waals surface area contributed by atoms with Gasteiger partial charge < -0.3 is 15.8 Å². The Morgan fingerprint density at radius 2 is 1.90 bits per heavy atom. The first-order chi connectivity index (χ1) is 10.1. The molecule has 2 aromatic rings. The van der Waals surface area contributed by atoms with Gasteiger partial charge in [-0.3, -0.25) is 4.79 Å². The summed E-state index contributed by atoms with van der Waals surface area (Å²) in [5.41, 5.74) is 6.91. The van der Waals surface area contributed by atoms with Gasteiger partial charge in [-0.25, -0.2) is 0 Å². The lowest BCUT2D eigenvalue weighted by atomic mass is 10.2. The van der Waals surface area contributed by atoms with Crippen LogP contribution in [0.25, 0.3) is 0 Å². The number of thiocarbonyl (C=S) groups is 1. The molecule has 0 saturated carbocycles. The van der Waals surface area contributed by atoms with E-state index >= 15 is 0 Å². The molecule has 1 unspecified atom stereocenters. The number of amides is 1. The van der Waals surface area contributed by atoms with E-state index in [1.807, 2.05) is 18.2 Å². The zero-order valence-electron chi connectivity index (χ0n) is 11.6. The Morgan fingerprint density at radius 3 is 2.57 bits per heavy atom. The van der Waals surface area contributed by atoms with Crippen molar-refractivity contribution in [3.63, 3.8) is 0 Å². The van der Waals surface area contributed by atoms with E-state index < -0.39 is 6.10 Å². The van der Waals surface area contributed by atoms with Gasteiger partial charge in [-0.05, 0) is 31.2 Å². The fraction of sp³-hybridized carbons (Fsp3) is 0.125. The summed E-state index contributed by atoms with van der Waals surface area (Å²) in [6.45, 7) is 1.69. The summed E-state index contributed by atoms with van der Waals surface area (Å²) < 4.78 is 5.56. The maximum Gasteiger partial charge on any atom is 0.265 e. The van der Waals surface area contributed by atoms with Crippen molar-refractivity contribution in [1.29, 1.82) is 0 Å². The van der Waals surface area contributed by atoms with Crippen LogP contribution in [-0.2, 0) is 4.79 Å². The molecular weight excluding hydrogens is 284 g/mol. The molecule has 4 nitrogen and oxygen atoms in total. The van der Waals surface area contributed by atoms with Gasteiger partial charge in [0.2, 0.25) is 0 Å². The second kappa shape index (κ2) is 6.85. The lowest BCUT2D eigenvalue weighted by Crippen LogP contribution is -2.30. The lowest BCUT2D eigenvalue weighted by Gasteiger charge is -2.15. The van der Waals surface area contributed by atoms with Crippen molar-refractivity contribution in [1.82, 2.24) is 0 Å². The van der Waals surface area contributed by atoms with E-state index in [1.165, 1.54) is 0 Å². The Bertz CT molecular complexity index is 644. The fourth-order valence-electron chi connectivity index (χ4n) is 1.75. The van der Waals surface area contributed by atoms with Crippen LogP contribution in [0.1, 0.15) is 12.5 Å². The second-order valence-corrected chi connectivity index (χ2v) is 4.95. The van der Waals surface area contributed by atoms with Gasteiger partial charge in [0.05, 0.1) is 0 Å². The van der Waals surface area contributed by atoms with Crippen LogP contribution in [0.4, 0.5) is 5.69 Å². The highest BCUT2D eigenvalue weighted by Gasteiger charge is 2.14. The molecule has 21 heavy (non-hydrogen) atoms. The standard InChI is InChI=1S/C16H16N2O2S/c1-11(20-14-8-3-2-4-9-14)16(19)18-13-7-5-6-12(10-13)15(17)21/h2-11H,1H3,(H2,17,21)(H,18,19). The van der Waals surface area contributed by atoms with Crippen molar-refractivity contribution >= 4 is 28.8 Å². The topological polar surface area (TPSA) is 64.3 Å². The number of para-hydroxylation sites is 1. The van der Waals surface area contributed by atoms with Crippen LogP contribution in [0.5, 0.6) is 5.75 Å². The number of rotatable bonds is 5. The third kappa shape index (κ3) is 4.29. The molecule has 0 aromatic heterocycles. The molecule has 2 rings (SSSR count). The van der Waals surface area contributed by atoms with Crippen LogP contribution < -0.4 is 15.8 Å². The Balaban J connectivity index is 2.00. The van der Waals surface area contributed by atoms with Crippen LogP contribution >= 0.6 is 12.2 Å². The number of hydrogen-bond donors (Lipinski definition) is 2. The summed E-state index contributed by atoms with van der Waals surface area (Å²) in [4.78, 5) is 12.4. The van der Waals surface area contributed by atoms with Crippen LogP contribution in [0, 0.1) is 0 Å². The van der Waals surface area contributed by atoms with E-state index in [-0.39, 0.29) is 5.91 Å². The van der Waals surface area contributed by atoms with Gasteiger partial charge in [0, 0.05) is 11.3 Å². The summed E-state index contributed by atoms with van der Waals surface area (Å²) >= 11 is 4.91. The Kier molecular flexibility index (Phi) is 4.90. The van der Waals surface area contributed by atoms with Crippen molar-refractivity contribution in [2.75, 3.05) is 5.32 Å². The maximum atomic E-state index is 12.1. The molecule has 5 heteroatoms. The van der Waals surface area contributed by atoms with Gasteiger partial charge in [0.15, 0.2) is 6.10 Å². The van der Waals surface area contributed by atoms with Gasteiger partial charge in [-0.2, -0.15) is 0 Å². The molecule has 0 spiro atoms. The summed E-state index contributed by atoms with van der Waals surface area (Å²) in [6, 6.07) is 16.3. The molecule has 0 heterocycles. The van der Waals surface area contributed by atoms with Crippen LogP contribution in [0.3, 0.4) is 0 Å². The smallest absolute Gasteiger partial charge is 0.265 e. The Morgan fingerprint density at radius 1 is 1.19 bits per heavy atom. The molecule has 3 N–H and O–H groups in total. The first kappa shape index (κ1) is 15.0. The molecule has 1 amide bonds. The number of ether oxygens (including phenoxy) is 1. The Hall–Kier alpha value is -2.40. The second-order valence-electron chi connectivity index (χ2n) is 4.51. The predicted molar refractivity (Wildman–Crippen MR) is 87.5 cm³/mol. The summed E-state index contributed by atoms with van der Waals surface area (Å²) in [7, 11) is 0. The van der Waals surface area contributed by atoms with Crippen LogP contribution in [0.2, 0.25) is 0 Å². The van der Waals surface area contributed by atoms with E-state index in [2.05, 4.69) is 5.32 Å². The molecular formula is C16H16N2O2S. The molecule has 0 fully saturated rings. The van der Waals surface area contributed by atoms with Gasteiger partial charge in [-0.1, -0.05) is 42.5 Å². The number of carbonyl (C=O) groups excluding carboxylic acids is 1. The van der Waals surface area contributed by atoms with Crippen molar-refractivity contribution in [3.8, 4) is 5.75 Å². The van der Waals surface area contributed by atoms with Crippen LogP contribution in [-0.4, -0.2) is 17.0 Å². The van der Waals surface area contributed by atoms with E-state index in [4.69, 9.17) is 22.7 Å². The van der Waals surface area contributed by atoms with Crippen molar-refractivity contribution in [2.24, 2.45) is 5.73 Å². The minimum Gasteiger partial charge on any atom is -0.481 e. The predicted octanol–water partition coefficient (Wildman–Crippen LogP) is 2.73. The highest BCUT2D eigenvalue weighted by Crippen LogP contribution is 2.14. The normalized spacial score (nSPS) is 11.5. The number of benzene rings is 2. The zero-order chi connectivity index (χ0) is 15.2. The van der Waals surface area contributed by atoms with Gasteiger partial charge in [0.25, 0.3) is 5.91 Å². The third-order valence-electron chi connectivity index (χ3n) is 2.84. The van der Waals surface area contributed by atoms with Crippen molar-refractivity contribution < 1.29 is 9.53 Å². The molecule has 2 aromatic carbocycles. The monoisotopic (exact) mass is 300 g/mol. The molecule has 0 radical (unpaired) electrons. The summed E-state index contributed by atoms with van der Waals surface area (Å²) in [6.07, 6.45) is -0.610. The largest absolute Gasteiger partial charge is 0.481 e. The molecule has 0 aliphatic carbocycles. The minimum atomic E-state index is -0.610. The molecule has 0 aliphatic heterocycles. The van der Waals surface area contributed by atoms with E-state index in [0.717, 1.165) is 0 Å². The van der Waals surface area contributed by atoms with Crippen molar-refractivity contribution in [3.05, 3.63) is 60.2 Å². The third-order valence-corrected chi connectivity index (χ3v) is 3.08.